The highest BCUT2D eigenvalue weighted by atomic mass is 32.2. The number of thioether (sulfide) groups is 1. The molecular formula is C11H24N2O2S. The fourth-order valence-electron chi connectivity index (χ4n) is 1.38. The van der Waals surface area contributed by atoms with E-state index in [1.807, 2.05) is 6.92 Å². The molecule has 0 aliphatic heterocycles. The van der Waals surface area contributed by atoms with Gasteiger partial charge in [0.1, 0.15) is 0 Å². The standard InChI is InChI=1S/C11H24N2O2S/c1-9(8-16-4)13-10(2)11(14)12-6-5-7-15-3/h9-10,13H,5-8H2,1-4H3,(H,12,14). The molecule has 4 nitrogen and oxygen atoms in total. The van der Waals surface area contributed by atoms with E-state index in [2.05, 4.69) is 23.8 Å². The summed E-state index contributed by atoms with van der Waals surface area (Å²) < 4.78 is 4.91. The van der Waals surface area contributed by atoms with Crippen LogP contribution in [-0.2, 0) is 9.53 Å². The number of hydrogen-bond donors (Lipinski definition) is 2. The van der Waals surface area contributed by atoms with E-state index in [0.717, 1.165) is 12.2 Å². The van der Waals surface area contributed by atoms with Crippen LogP contribution in [0.2, 0.25) is 0 Å². The highest BCUT2D eigenvalue weighted by molar-refractivity contribution is 7.98. The monoisotopic (exact) mass is 248 g/mol. The van der Waals surface area contributed by atoms with Crippen molar-refractivity contribution in [3.05, 3.63) is 0 Å². The van der Waals surface area contributed by atoms with Gasteiger partial charge in [-0.05, 0) is 26.5 Å². The lowest BCUT2D eigenvalue weighted by Crippen LogP contribution is -2.46. The summed E-state index contributed by atoms with van der Waals surface area (Å²) in [5.41, 5.74) is 0. The van der Waals surface area contributed by atoms with Gasteiger partial charge < -0.3 is 15.4 Å². The van der Waals surface area contributed by atoms with Gasteiger partial charge in [0.15, 0.2) is 0 Å². The zero-order valence-electron chi connectivity index (χ0n) is 10.7. The topological polar surface area (TPSA) is 50.4 Å². The zero-order valence-corrected chi connectivity index (χ0v) is 11.5. The van der Waals surface area contributed by atoms with Crippen LogP contribution in [0.4, 0.5) is 0 Å². The molecule has 5 heteroatoms. The Morgan fingerprint density at radius 1 is 1.44 bits per heavy atom. The molecule has 2 atom stereocenters. The molecule has 2 N–H and O–H groups in total. The molecule has 0 aliphatic rings. The minimum absolute atomic E-state index is 0.0593. The molecule has 0 rings (SSSR count). The predicted molar refractivity (Wildman–Crippen MR) is 69.9 cm³/mol. The van der Waals surface area contributed by atoms with E-state index in [0.29, 0.717) is 19.2 Å². The predicted octanol–water partition coefficient (Wildman–Crippen LogP) is 0.869. The largest absolute Gasteiger partial charge is 0.385 e. The lowest BCUT2D eigenvalue weighted by molar-refractivity contribution is -0.122. The van der Waals surface area contributed by atoms with Crippen molar-refractivity contribution >= 4 is 17.7 Å². The summed E-state index contributed by atoms with van der Waals surface area (Å²) in [5, 5.41) is 6.13. The number of carbonyl (C=O) groups excluding carboxylic acids is 1. The maximum Gasteiger partial charge on any atom is 0.236 e. The number of methoxy groups -OCH3 is 1. The molecule has 2 unspecified atom stereocenters. The summed E-state index contributed by atoms with van der Waals surface area (Å²) in [7, 11) is 1.66. The van der Waals surface area contributed by atoms with E-state index in [4.69, 9.17) is 4.74 Å². The van der Waals surface area contributed by atoms with E-state index in [-0.39, 0.29) is 11.9 Å². The lowest BCUT2D eigenvalue weighted by atomic mass is 10.2. The normalized spacial score (nSPS) is 14.5. The molecule has 0 aromatic heterocycles. The molecule has 0 saturated carbocycles. The van der Waals surface area contributed by atoms with Crippen molar-refractivity contribution in [1.82, 2.24) is 10.6 Å². The number of amides is 1. The van der Waals surface area contributed by atoms with Crippen LogP contribution in [0.25, 0.3) is 0 Å². The lowest BCUT2D eigenvalue weighted by Gasteiger charge is -2.18. The highest BCUT2D eigenvalue weighted by Crippen LogP contribution is 1.97. The molecule has 0 saturated heterocycles. The Hall–Kier alpha value is -0.260. The van der Waals surface area contributed by atoms with Crippen LogP contribution in [0, 0.1) is 0 Å². The second-order valence-electron chi connectivity index (χ2n) is 3.88. The number of carbonyl (C=O) groups is 1. The molecule has 0 heterocycles. The summed E-state index contributed by atoms with van der Waals surface area (Å²) in [5.74, 6) is 1.07. The van der Waals surface area contributed by atoms with Crippen LogP contribution < -0.4 is 10.6 Å². The molecule has 0 aromatic rings. The van der Waals surface area contributed by atoms with Crippen molar-refractivity contribution in [3.8, 4) is 0 Å². The second-order valence-corrected chi connectivity index (χ2v) is 4.79. The fourth-order valence-corrected chi connectivity index (χ4v) is 1.98. The molecule has 0 fully saturated rings. The molecule has 0 radical (unpaired) electrons. The summed E-state index contributed by atoms with van der Waals surface area (Å²) in [4.78, 5) is 11.6. The average Bonchev–Trinajstić information content (AvgIpc) is 2.24. The summed E-state index contributed by atoms with van der Waals surface area (Å²) in [6.45, 7) is 5.34. The van der Waals surface area contributed by atoms with Gasteiger partial charge in [0.05, 0.1) is 6.04 Å². The number of hydrogen-bond acceptors (Lipinski definition) is 4. The van der Waals surface area contributed by atoms with Crippen LogP contribution in [0.1, 0.15) is 20.3 Å². The van der Waals surface area contributed by atoms with Crippen LogP contribution >= 0.6 is 11.8 Å². The maximum atomic E-state index is 11.6. The highest BCUT2D eigenvalue weighted by Gasteiger charge is 2.13. The summed E-state index contributed by atoms with van der Waals surface area (Å²) in [6.07, 6.45) is 2.92. The van der Waals surface area contributed by atoms with Crippen LogP contribution in [0.3, 0.4) is 0 Å². The van der Waals surface area contributed by atoms with Crippen LogP contribution in [0.5, 0.6) is 0 Å². The average molecular weight is 248 g/mol. The minimum atomic E-state index is -0.135. The molecule has 16 heavy (non-hydrogen) atoms. The van der Waals surface area contributed by atoms with Crippen molar-refractivity contribution in [2.75, 3.05) is 32.3 Å². The molecule has 0 bridgehead atoms. The second kappa shape index (κ2) is 9.93. The van der Waals surface area contributed by atoms with Gasteiger partial charge >= 0.3 is 0 Å². The van der Waals surface area contributed by atoms with E-state index < -0.39 is 0 Å². The van der Waals surface area contributed by atoms with Crippen LogP contribution in [-0.4, -0.2) is 50.3 Å². The van der Waals surface area contributed by atoms with Crippen molar-refractivity contribution in [2.24, 2.45) is 0 Å². The van der Waals surface area contributed by atoms with Gasteiger partial charge in [0, 0.05) is 32.1 Å². The van der Waals surface area contributed by atoms with Crippen molar-refractivity contribution in [2.45, 2.75) is 32.4 Å². The number of ether oxygens (including phenoxy) is 1. The maximum absolute atomic E-state index is 11.6. The van der Waals surface area contributed by atoms with E-state index in [1.54, 1.807) is 18.9 Å². The molecule has 0 aliphatic carbocycles. The quantitative estimate of drug-likeness (QED) is 0.595. The van der Waals surface area contributed by atoms with Crippen LogP contribution in [0.15, 0.2) is 0 Å². The van der Waals surface area contributed by atoms with Gasteiger partial charge in [-0.2, -0.15) is 11.8 Å². The van der Waals surface area contributed by atoms with E-state index in [9.17, 15) is 4.79 Å². The molecular weight excluding hydrogens is 224 g/mol. The van der Waals surface area contributed by atoms with E-state index in [1.165, 1.54) is 0 Å². The first-order chi connectivity index (χ1) is 7.61. The Kier molecular flexibility index (Phi) is 9.77. The van der Waals surface area contributed by atoms with Gasteiger partial charge in [0.2, 0.25) is 5.91 Å². The first kappa shape index (κ1) is 15.7. The summed E-state index contributed by atoms with van der Waals surface area (Å²) >= 11 is 1.78. The Balaban J connectivity index is 3.64. The van der Waals surface area contributed by atoms with Crippen molar-refractivity contribution < 1.29 is 9.53 Å². The zero-order chi connectivity index (χ0) is 12.4. The van der Waals surface area contributed by atoms with Crippen molar-refractivity contribution in [1.29, 1.82) is 0 Å². The summed E-state index contributed by atoms with van der Waals surface area (Å²) in [6, 6.07) is 0.222. The van der Waals surface area contributed by atoms with Gasteiger partial charge in [-0.15, -0.1) is 0 Å². The first-order valence-electron chi connectivity index (χ1n) is 5.63. The molecule has 96 valence electrons. The molecule has 1 amide bonds. The number of rotatable bonds is 9. The smallest absolute Gasteiger partial charge is 0.236 e. The number of nitrogens with one attached hydrogen (secondary N) is 2. The third-order valence-electron chi connectivity index (χ3n) is 2.17. The fraction of sp³-hybridized carbons (Fsp3) is 0.909. The Bertz CT molecular complexity index is 191. The Morgan fingerprint density at radius 2 is 2.12 bits per heavy atom. The van der Waals surface area contributed by atoms with Gasteiger partial charge in [-0.25, -0.2) is 0 Å². The first-order valence-corrected chi connectivity index (χ1v) is 7.02. The third-order valence-corrected chi connectivity index (χ3v) is 3.00. The van der Waals surface area contributed by atoms with Gasteiger partial charge in [-0.1, -0.05) is 0 Å². The minimum Gasteiger partial charge on any atom is -0.385 e. The van der Waals surface area contributed by atoms with Gasteiger partial charge in [-0.3, -0.25) is 4.79 Å². The Labute approximate surface area is 103 Å². The molecule has 0 spiro atoms. The Morgan fingerprint density at radius 3 is 2.69 bits per heavy atom. The third kappa shape index (κ3) is 7.96. The molecule has 0 aromatic carbocycles. The van der Waals surface area contributed by atoms with Gasteiger partial charge in [0.25, 0.3) is 0 Å². The van der Waals surface area contributed by atoms with E-state index >= 15 is 0 Å². The SMILES string of the molecule is COCCCNC(=O)C(C)NC(C)CSC. The van der Waals surface area contributed by atoms with Crippen molar-refractivity contribution in [3.63, 3.8) is 0 Å².